The molecule has 5 heteroatoms. The second-order valence-electron chi connectivity index (χ2n) is 3.10. The molecule has 0 saturated heterocycles. The van der Waals surface area contributed by atoms with Gasteiger partial charge in [-0.05, 0) is 12.8 Å². The Labute approximate surface area is 82.1 Å². The molecule has 0 saturated carbocycles. The third-order valence-electron chi connectivity index (χ3n) is 1.77. The van der Waals surface area contributed by atoms with Crippen LogP contribution < -0.4 is 0 Å². The van der Waals surface area contributed by atoms with Gasteiger partial charge in [0.05, 0.1) is 0 Å². The van der Waals surface area contributed by atoms with E-state index < -0.39 is 5.97 Å². The van der Waals surface area contributed by atoms with Crippen molar-refractivity contribution in [2.45, 2.75) is 39.0 Å². The molecule has 0 amide bonds. The van der Waals surface area contributed by atoms with E-state index in [1.54, 1.807) is 0 Å². The van der Waals surface area contributed by atoms with Crippen LogP contribution in [0.2, 0.25) is 0 Å². The van der Waals surface area contributed by atoms with Crippen molar-refractivity contribution in [3.8, 4) is 0 Å². The van der Waals surface area contributed by atoms with Gasteiger partial charge in [-0.25, -0.2) is 0 Å². The van der Waals surface area contributed by atoms with Crippen molar-refractivity contribution in [2.24, 2.45) is 0 Å². The number of hydrogen-bond acceptors (Lipinski definition) is 4. The molecule has 14 heavy (non-hydrogen) atoms. The third kappa shape index (κ3) is 3.55. The maximum absolute atomic E-state index is 10.2. The number of carboxylic acid groups (broad SMARTS) is 1. The molecule has 1 aromatic rings. The predicted octanol–water partition coefficient (Wildman–Crippen LogP) is 1.43. The van der Waals surface area contributed by atoms with Crippen molar-refractivity contribution in [1.82, 2.24) is 10.1 Å². The Kier molecular flexibility index (Phi) is 4.10. The van der Waals surface area contributed by atoms with Crippen LogP contribution in [0.3, 0.4) is 0 Å². The van der Waals surface area contributed by atoms with E-state index in [-0.39, 0.29) is 6.42 Å². The molecule has 0 bridgehead atoms. The smallest absolute Gasteiger partial charge is 0.303 e. The van der Waals surface area contributed by atoms with Gasteiger partial charge in [0.15, 0.2) is 5.82 Å². The third-order valence-corrected chi connectivity index (χ3v) is 1.77. The van der Waals surface area contributed by atoms with Gasteiger partial charge in [0, 0.05) is 19.3 Å². The molecule has 1 heterocycles. The van der Waals surface area contributed by atoms with Crippen molar-refractivity contribution in [3.63, 3.8) is 0 Å². The van der Waals surface area contributed by atoms with Crippen LogP contribution in [0.25, 0.3) is 0 Å². The lowest BCUT2D eigenvalue weighted by atomic mass is 10.2. The fourth-order valence-electron chi connectivity index (χ4n) is 1.11. The summed E-state index contributed by atoms with van der Waals surface area (Å²) in [5, 5.41) is 12.2. The van der Waals surface area contributed by atoms with Crippen LogP contribution in [0.1, 0.15) is 37.9 Å². The van der Waals surface area contributed by atoms with Gasteiger partial charge in [0.1, 0.15) is 0 Å². The second-order valence-corrected chi connectivity index (χ2v) is 3.10. The van der Waals surface area contributed by atoms with E-state index in [1.165, 1.54) is 0 Å². The number of carbonyl (C=O) groups is 1. The molecule has 0 aliphatic carbocycles. The number of rotatable bonds is 6. The van der Waals surface area contributed by atoms with Crippen LogP contribution in [0, 0.1) is 0 Å². The van der Waals surface area contributed by atoms with Crippen LogP contribution in [0.4, 0.5) is 0 Å². The number of nitrogens with zero attached hydrogens (tertiary/aromatic N) is 2. The van der Waals surface area contributed by atoms with Gasteiger partial charge in [-0.2, -0.15) is 4.98 Å². The van der Waals surface area contributed by atoms with Gasteiger partial charge >= 0.3 is 5.97 Å². The summed E-state index contributed by atoms with van der Waals surface area (Å²) in [5.41, 5.74) is 0. The molecule has 0 fully saturated rings. The zero-order chi connectivity index (χ0) is 10.4. The minimum atomic E-state index is -0.793. The van der Waals surface area contributed by atoms with Crippen LogP contribution in [0.15, 0.2) is 4.52 Å². The number of aliphatic carboxylic acids is 1. The van der Waals surface area contributed by atoms with E-state index in [0.29, 0.717) is 24.6 Å². The first-order chi connectivity index (χ1) is 6.72. The molecule has 0 spiro atoms. The molecule has 78 valence electrons. The lowest BCUT2D eigenvalue weighted by Gasteiger charge is -1.90. The highest BCUT2D eigenvalue weighted by Crippen LogP contribution is 2.04. The minimum Gasteiger partial charge on any atom is -0.481 e. The normalized spacial score (nSPS) is 10.4. The molecule has 0 aliphatic rings. The second kappa shape index (κ2) is 5.36. The predicted molar refractivity (Wildman–Crippen MR) is 48.9 cm³/mol. The van der Waals surface area contributed by atoms with Gasteiger partial charge in [-0.15, -0.1) is 0 Å². The Morgan fingerprint density at radius 1 is 1.50 bits per heavy atom. The first-order valence-corrected chi connectivity index (χ1v) is 4.75. The summed E-state index contributed by atoms with van der Waals surface area (Å²) < 4.78 is 4.94. The fraction of sp³-hybridized carbons (Fsp3) is 0.667. The van der Waals surface area contributed by atoms with E-state index in [1.807, 2.05) is 6.92 Å². The largest absolute Gasteiger partial charge is 0.481 e. The molecular weight excluding hydrogens is 184 g/mol. The van der Waals surface area contributed by atoms with E-state index >= 15 is 0 Å². The zero-order valence-electron chi connectivity index (χ0n) is 8.19. The molecule has 0 aliphatic heterocycles. The van der Waals surface area contributed by atoms with Crippen molar-refractivity contribution in [1.29, 1.82) is 0 Å². The number of hydrogen-bond donors (Lipinski definition) is 1. The summed E-state index contributed by atoms with van der Waals surface area (Å²) in [6.45, 7) is 2.04. The molecule has 1 N–H and O–H groups in total. The van der Waals surface area contributed by atoms with Crippen molar-refractivity contribution < 1.29 is 14.4 Å². The summed E-state index contributed by atoms with van der Waals surface area (Å²) >= 11 is 0. The fourth-order valence-corrected chi connectivity index (χ4v) is 1.11. The van der Waals surface area contributed by atoms with E-state index in [2.05, 4.69) is 10.1 Å². The van der Waals surface area contributed by atoms with E-state index in [0.717, 1.165) is 12.8 Å². The topological polar surface area (TPSA) is 76.2 Å². The van der Waals surface area contributed by atoms with Crippen LogP contribution in [0.5, 0.6) is 0 Å². The molecular formula is C9H14N2O3. The average molecular weight is 198 g/mol. The maximum Gasteiger partial charge on any atom is 0.303 e. The summed E-state index contributed by atoms with van der Waals surface area (Å²) in [6, 6.07) is 0. The molecule has 0 atom stereocenters. The molecule has 0 radical (unpaired) electrons. The summed E-state index contributed by atoms with van der Waals surface area (Å²) in [5.74, 6) is 0.450. The van der Waals surface area contributed by atoms with Crippen LogP contribution in [-0.4, -0.2) is 21.2 Å². The monoisotopic (exact) mass is 198 g/mol. The van der Waals surface area contributed by atoms with Gasteiger partial charge in [-0.1, -0.05) is 12.1 Å². The highest BCUT2D eigenvalue weighted by Gasteiger charge is 2.06. The van der Waals surface area contributed by atoms with E-state index in [9.17, 15) is 4.79 Å². The van der Waals surface area contributed by atoms with Gasteiger partial charge < -0.3 is 9.63 Å². The van der Waals surface area contributed by atoms with Gasteiger partial charge in [-0.3, -0.25) is 4.79 Å². The standard InChI is InChI=1S/C9H14N2O3/c1-2-4-7-10-8(14-11-7)5-3-6-9(12)13/h2-6H2,1H3,(H,12,13). The lowest BCUT2D eigenvalue weighted by Crippen LogP contribution is -1.96. The average Bonchev–Trinajstić information content (AvgIpc) is 2.53. The summed E-state index contributed by atoms with van der Waals surface area (Å²) in [4.78, 5) is 14.4. The van der Waals surface area contributed by atoms with Crippen LogP contribution in [-0.2, 0) is 17.6 Å². The quantitative estimate of drug-likeness (QED) is 0.748. The molecule has 1 rings (SSSR count). The Morgan fingerprint density at radius 2 is 2.29 bits per heavy atom. The Bertz CT molecular complexity index is 296. The van der Waals surface area contributed by atoms with Crippen molar-refractivity contribution >= 4 is 5.97 Å². The summed E-state index contributed by atoms with van der Waals surface area (Å²) in [7, 11) is 0. The molecule has 5 nitrogen and oxygen atoms in total. The minimum absolute atomic E-state index is 0.144. The van der Waals surface area contributed by atoms with Crippen molar-refractivity contribution in [2.75, 3.05) is 0 Å². The first-order valence-electron chi connectivity index (χ1n) is 4.75. The Hall–Kier alpha value is -1.39. The van der Waals surface area contributed by atoms with Gasteiger partial charge in [0.2, 0.25) is 5.89 Å². The van der Waals surface area contributed by atoms with Gasteiger partial charge in [0.25, 0.3) is 0 Å². The van der Waals surface area contributed by atoms with Crippen molar-refractivity contribution in [3.05, 3.63) is 11.7 Å². The molecule has 0 aromatic carbocycles. The molecule has 1 aromatic heterocycles. The lowest BCUT2D eigenvalue weighted by molar-refractivity contribution is -0.137. The zero-order valence-corrected chi connectivity index (χ0v) is 8.19. The summed E-state index contributed by atoms with van der Waals surface area (Å²) in [6.07, 6.45) is 3.02. The SMILES string of the molecule is CCCc1noc(CCCC(=O)O)n1. The molecule has 0 unspecified atom stereocenters. The van der Waals surface area contributed by atoms with E-state index in [4.69, 9.17) is 9.63 Å². The number of aromatic nitrogens is 2. The Balaban J connectivity index is 2.32. The van der Waals surface area contributed by atoms with Crippen LogP contribution >= 0.6 is 0 Å². The maximum atomic E-state index is 10.2. The number of aryl methyl sites for hydroxylation is 2. The highest BCUT2D eigenvalue weighted by atomic mass is 16.5. The first kappa shape index (κ1) is 10.7. The Morgan fingerprint density at radius 3 is 2.93 bits per heavy atom. The number of carboxylic acids is 1. The highest BCUT2D eigenvalue weighted by molar-refractivity contribution is 5.66.